The standard InChI is InChI=1S/C12H7Br3O3S2/c13-7-2-1-3-8(4-7)20(17,18)6-10(16)9-5-11(14)19-12(9)15/h1-5H,6H2. The van der Waals surface area contributed by atoms with E-state index in [0.29, 0.717) is 13.8 Å². The molecule has 0 amide bonds. The van der Waals surface area contributed by atoms with Gasteiger partial charge < -0.3 is 0 Å². The topological polar surface area (TPSA) is 51.2 Å². The molecule has 0 aliphatic heterocycles. The highest BCUT2D eigenvalue weighted by Gasteiger charge is 2.23. The van der Waals surface area contributed by atoms with Crippen LogP contribution in [0.3, 0.4) is 0 Å². The Hall–Kier alpha value is -0.0200. The van der Waals surface area contributed by atoms with Crippen LogP contribution < -0.4 is 0 Å². The van der Waals surface area contributed by atoms with E-state index in [1.54, 1.807) is 18.2 Å². The summed E-state index contributed by atoms with van der Waals surface area (Å²) in [6.45, 7) is 0. The largest absolute Gasteiger partial charge is 0.293 e. The second-order valence-corrected chi connectivity index (χ2v) is 10.5. The van der Waals surface area contributed by atoms with Gasteiger partial charge in [0, 0.05) is 10.0 Å². The van der Waals surface area contributed by atoms with Gasteiger partial charge in [-0.15, -0.1) is 11.3 Å². The molecule has 106 valence electrons. The molecule has 2 aromatic rings. The van der Waals surface area contributed by atoms with Gasteiger partial charge in [0.2, 0.25) is 0 Å². The summed E-state index contributed by atoms with van der Waals surface area (Å²) in [4.78, 5) is 12.2. The van der Waals surface area contributed by atoms with Crippen LogP contribution in [0.5, 0.6) is 0 Å². The molecule has 0 saturated heterocycles. The maximum atomic E-state index is 12.2. The molecule has 0 spiro atoms. The SMILES string of the molecule is O=C(CS(=O)(=O)c1cccc(Br)c1)c1cc(Br)sc1Br. The second kappa shape index (κ2) is 6.39. The third kappa shape index (κ3) is 3.79. The lowest BCUT2D eigenvalue weighted by molar-refractivity contribution is 0.102. The lowest BCUT2D eigenvalue weighted by atomic mass is 10.2. The highest BCUT2D eigenvalue weighted by Crippen LogP contribution is 2.32. The zero-order valence-corrected chi connectivity index (χ0v) is 16.2. The molecule has 0 radical (unpaired) electrons. The summed E-state index contributed by atoms with van der Waals surface area (Å²) in [6.07, 6.45) is 0. The Morgan fingerprint density at radius 1 is 1.15 bits per heavy atom. The summed E-state index contributed by atoms with van der Waals surface area (Å²) in [5, 5.41) is 0. The molecule has 2 rings (SSSR count). The quantitative estimate of drug-likeness (QED) is 0.570. The van der Waals surface area contributed by atoms with Crippen molar-refractivity contribution in [3.63, 3.8) is 0 Å². The monoisotopic (exact) mass is 500 g/mol. The first-order valence-electron chi connectivity index (χ1n) is 5.26. The molecule has 0 unspecified atom stereocenters. The minimum absolute atomic E-state index is 0.130. The Kier molecular flexibility index (Phi) is 5.23. The fourth-order valence-corrected chi connectivity index (χ4v) is 6.19. The van der Waals surface area contributed by atoms with E-state index >= 15 is 0 Å². The molecule has 1 aromatic carbocycles. The Balaban J connectivity index is 2.29. The van der Waals surface area contributed by atoms with Crippen LogP contribution in [0, 0.1) is 0 Å². The molecule has 1 aromatic heterocycles. The van der Waals surface area contributed by atoms with Crippen LogP contribution in [-0.2, 0) is 9.84 Å². The number of carbonyl (C=O) groups is 1. The normalized spacial score (nSPS) is 11.6. The molecule has 1 heterocycles. The van der Waals surface area contributed by atoms with E-state index in [9.17, 15) is 13.2 Å². The minimum atomic E-state index is -3.65. The Morgan fingerprint density at radius 3 is 2.40 bits per heavy atom. The molecule has 0 fully saturated rings. The van der Waals surface area contributed by atoms with Crippen molar-refractivity contribution < 1.29 is 13.2 Å². The van der Waals surface area contributed by atoms with E-state index in [4.69, 9.17) is 0 Å². The number of halogens is 3. The van der Waals surface area contributed by atoms with Crippen LogP contribution in [0.15, 0.2) is 47.3 Å². The number of thiophene rings is 1. The van der Waals surface area contributed by atoms with Crippen LogP contribution in [0.2, 0.25) is 0 Å². The number of hydrogen-bond acceptors (Lipinski definition) is 4. The maximum absolute atomic E-state index is 12.2. The van der Waals surface area contributed by atoms with Gasteiger partial charge >= 0.3 is 0 Å². The molecule has 3 nitrogen and oxygen atoms in total. The van der Waals surface area contributed by atoms with E-state index in [1.165, 1.54) is 23.5 Å². The first-order valence-corrected chi connectivity index (χ1v) is 10.1. The zero-order chi connectivity index (χ0) is 14.9. The Bertz CT molecular complexity index is 766. The number of sulfone groups is 1. The molecule has 0 N–H and O–H groups in total. The highest BCUT2D eigenvalue weighted by atomic mass is 79.9. The van der Waals surface area contributed by atoms with Crippen molar-refractivity contribution in [2.45, 2.75) is 4.90 Å². The maximum Gasteiger partial charge on any atom is 0.185 e. The second-order valence-electron chi connectivity index (χ2n) is 3.88. The van der Waals surface area contributed by atoms with Crippen molar-refractivity contribution in [3.8, 4) is 0 Å². The van der Waals surface area contributed by atoms with Crippen molar-refractivity contribution in [2.24, 2.45) is 0 Å². The van der Waals surface area contributed by atoms with Gasteiger partial charge in [-0.2, -0.15) is 0 Å². The minimum Gasteiger partial charge on any atom is -0.293 e. The van der Waals surface area contributed by atoms with Gasteiger partial charge in [0.25, 0.3) is 0 Å². The molecule has 8 heteroatoms. The Labute approximate surface area is 145 Å². The summed E-state index contributed by atoms with van der Waals surface area (Å²) in [5.74, 6) is -0.982. The molecule has 0 aliphatic carbocycles. The summed E-state index contributed by atoms with van der Waals surface area (Å²) in [6, 6.07) is 7.94. The number of carbonyl (C=O) groups excluding carboxylic acids is 1. The number of Topliss-reactive ketones (excluding diaryl/α,β-unsaturated/α-hetero) is 1. The molecule has 0 aliphatic rings. The van der Waals surface area contributed by atoms with Crippen LogP contribution in [0.1, 0.15) is 10.4 Å². The van der Waals surface area contributed by atoms with Crippen molar-refractivity contribution in [1.29, 1.82) is 0 Å². The fraction of sp³-hybridized carbons (Fsp3) is 0.0833. The summed E-state index contributed by atoms with van der Waals surface area (Å²) < 4.78 is 26.5. The lowest BCUT2D eigenvalue weighted by Crippen LogP contribution is -2.16. The third-order valence-corrected chi connectivity index (χ3v) is 6.88. The number of rotatable bonds is 4. The summed E-state index contributed by atoms with van der Waals surface area (Å²) >= 11 is 11.1. The van der Waals surface area contributed by atoms with Crippen LogP contribution in [0.25, 0.3) is 0 Å². The van der Waals surface area contributed by atoms with Crippen molar-refractivity contribution >= 4 is 74.7 Å². The van der Waals surface area contributed by atoms with Gasteiger partial charge in [-0.1, -0.05) is 22.0 Å². The van der Waals surface area contributed by atoms with Crippen LogP contribution >= 0.6 is 59.1 Å². The van der Waals surface area contributed by atoms with Crippen molar-refractivity contribution in [1.82, 2.24) is 0 Å². The van der Waals surface area contributed by atoms with Gasteiger partial charge in [0.1, 0.15) is 5.75 Å². The lowest BCUT2D eigenvalue weighted by Gasteiger charge is -2.04. The number of ketones is 1. The molecule has 0 saturated carbocycles. The van der Waals surface area contributed by atoms with Gasteiger partial charge in [0.05, 0.1) is 12.5 Å². The summed E-state index contributed by atoms with van der Waals surface area (Å²) in [5.41, 5.74) is 0.375. The molecule has 0 atom stereocenters. The smallest absolute Gasteiger partial charge is 0.185 e. The average molecular weight is 503 g/mol. The summed E-state index contributed by atoms with van der Waals surface area (Å²) in [7, 11) is -3.65. The van der Waals surface area contributed by atoms with E-state index in [2.05, 4.69) is 47.8 Å². The first kappa shape index (κ1) is 16.4. The van der Waals surface area contributed by atoms with Crippen LogP contribution in [-0.4, -0.2) is 20.0 Å². The zero-order valence-electron chi connectivity index (χ0n) is 9.77. The average Bonchev–Trinajstić information content (AvgIpc) is 2.68. The predicted octanol–water partition coefficient (Wildman–Crippen LogP) is 4.69. The van der Waals surface area contributed by atoms with Gasteiger partial charge in [0.15, 0.2) is 15.6 Å². The first-order chi connectivity index (χ1) is 9.29. The van der Waals surface area contributed by atoms with E-state index in [-0.39, 0.29) is 4.90 Å². The van der Waals surface area contributed by atoms with Gasteiger partial charge in [-0.25, -0.2) is 8.42 Å². The van der Waals surface area contributed by atoms with Crippen molar-refractivity contribution in [3.05, 3.63) is 47.9 Å². The molecular formula is C12H7Br3O3S2. The number of benzene rings is 1. The highest BCUT2D eigenvalue weighted by molar-refractivity contribution is 9.12. The van der Waals surface area contributed by atoms with Crippen molar-refractivity contribution in [2.75, 3.05) is 5.75 Å². The van der Waals surface area contributed by atoms with Gasteiger partial charge in [-0.3, -0.25) is 4.79 Å². The van der Waals surface area contributed by atoms with Gasteiger partial charge in [-0.05, 0) is 56.1 Å². The van der Waals surface area contributed by atoms with E-state index < -0.39 is 21.4 Å². The molecular weight excluding hydrogens is 496 g/mol. The Morgan fingerprint density at radius 2 is 1.85 bits per heavy atom. The third-order valence-electron chi connectivity index (χ3n) is 2.43. The van der Waals surface area contributed by atoms with E-state index in [0.717, 1.165) is 3.79 Å². The van der Waals surface area contributed by atoms with Crippen LogP contribution in [0.4, 0.5) is 0 Å². The van der Waals surface area contributed by atoms with E-state index in [1.807, 2.05) is 0 Å². The number of hydrogen-bond donors (Lipinski definition) is 0. The fourth-order valence-electron chi connectivity index (χ4n) is 1.52. The molecule has 20 heavy (non-hydrogen) atoms. The molecule has 0 bridgehead atoms. The predicted molar refractivity (Wildman–Crippen MR) is 90.2 cm³/mol.